The number of hydrogen-bond donors (Lipinski definition) is 2. The van der Waals surface area contributed by atoms with Crippen LogP contribution in [0.1, 0.15) is 0 Å². The molecule has 0 heterocycles. The Balaban J connectivity index is -0.0000000406. The maximum Gasteiger partial charge on any atom is 4.00 e. The largest absolute Gasteiger partial charge is 4.00 e. The molecule has 0 aromatic carbocycles. The second-order valence-corrected chi connectivity index (χ2v) is 1.48. The fraction of sp³-hybridized carbons (Fsp3) is 0. The summed E-state index contributed by atoms with van der Waals surface area (Å²) in [5, 5.41) is 35.0. The molecule has 0 bridgehead atoms. The average Bonchev–Trinajstić information content (AvgIpc) is 1.62. The molecule has 0 aromatic heterocycles. The quantitative estimate of drug-likeness (QED) is 0.247. The predicted molar refractivity (Wildman–Crippen MR) is 16.3 cm³/mol. The van der Waals surface area contributed by atoms with E-state index in [1.807, 2.05) is 0 Å². The summed E-state index contributed by atoms with van der Waals surface area (Å²) < 4.78 is 31.6. The summed E-state index contributed by atoms with van der Waals surface area (Å²) in [7, 11) is -4.67. The molecule has 12 heavy (non-hydrogen) atoms. The van der Waals surface area contributed by atoms with E-state index in [1.54, 1.807) is 10.1 Å². The molecule has 0 saturated heterocycles. The molecular weight excluding hydrogens is 283 g/mol. The Labute approximate surface area is 85.4 Å². The standard InChI is InChI=1S/H2O4S.2H2O3.Zr/c1-5(2,3)4;2*1-3-2;/h(H2,1,2,3,4);2*1-2H;/q;;;+4/p-4. The van der Waals surface area contributed by atoms with Crippen LogP contribution in [0.15, 0.2) is 0 Å². The summed E-state index contributed by atoms with van der Waals surface area (Å²) in [4.78, 5) is 0. The minimum absolute atomic E-state index is 0. The summed E-state index contributed by atoms with van der Waals surface area (Å²) in [6.45, 7) is 0. The van der Waals surface area contributed by atoms with Crippen LogP contribution in [0.3, 0.4) is 0 Å². The Kier molecular flexibility index (Phi) is 33.5. The van der Waals surface area contributed by atoms with Gasteiger partial charge in [-0.1, -0.05) is 0 Å². The van der Waals surface area contributed by atoms with Crippen molar-refractivity contribution in [3.63, 3.8) is 0 Å². The van der Waals surface area contributed by atoms with Crippen LogP contribution in [0.25, 0.3) is 0 Å². The van der Waals surface area contributed by atoms with E-state index in [0.29, 0.717) is 0 Å². The SMILES string of the molecule is O=S(=O)(O)O.[O-]O[O-].[O-]O[O-].[Zr+4]. The van der Waals surface area contributed by atoms with E-state index >= 15 is 0 Å². The maximum absolute atomic E-state index is 8.74. The Morgan fingerprint density at radius 1 is 0.917 bits per heavy atom. The summed E-state index contributed by atoms with van der Waals surface area (Å²) >= 11 is 0. The zero-order chi connectivity index (χ0) is 9.91. The Morgan fingerprint density at radius 3 is 0.917 bits per heavy atom. The normalized spacial score (nSPS) is 7.83. The average molecular weight is 285 g/mol. The maximum atomic E-state index is 8.74. The molecule has 0 saturated carbocycles. The predicted octanol–water partition coefficient (Wildman–Crippen LogP) is -5.55. The fourth-order valence-electron chi connectivity index (χ4n) is 0. The molecule has 0 aromatic rings. The molecule has 72 valence electrons. The molecule has 0 amide bonds. The minimum atomic E-state index is -4.67. The smallest absolute Gasteiger partial charge is 0.734 e. The molecule has 0 rings (SSSR count). The van der Waals surface area contributed by atoms with E-state index < -0.39 is 10.4 Å². The van der Waals surface area contributed by atoms with Crippen LogP contribution >= 0.6 is 0 Å². The topological polar surface area (TPSA) is 185 Å². The molecule has 2 N–H and O–H groups in total. The van der Waals surface area contributed by atoms with Gasteiger partial charge in [0.15, 0.2) is 0 Å². The van der Waals surface area contributed by atoms with Crippen LogP contribution in [-0.4, -0.2) is 17.5 Å². The molecular formula is H2O10SZr. The van der Waals surface area contributed by atoms with E-state index in [1.165, 1.54) is 0 Å². The zero-order valence-corrected chi connectivity index (χ0v) is 8.34. The molecule has 0 radical (unpaired) electrons. The van der Waals surface area contributed by atoms with E-state index in [4.69, 9.17) is 38.6 Å². The molecule has 0 aliphatic heterocycles. The van der Waals surface area contributed by atoms with Gasteiger partial charge in [0.2, 0.25) is 0 Å². The molecule has 0 atom stereocenters. The van der Waals surface area contributed by atoms with E-state index in [2.05, 4.69) is 0 Å². The minimum Gasteiger partial charge on any atom is -0.734 e. The van der Waals surface area contributed by atoms with Crippen molar-refractivity contribution in [1.82, 2.24) is 0 Å². The van der Waals surface area contributed by atoms with E-state index in [-0.39, 0.29) is 26.2 Å². The molecule has 12 heteroatoms. The van der Waals surface area contributed by atoms with Crippen molar-refractivity contribution < 1.29 is 74.8 Å². The summed E-state index contributed by atoms with van der Waals surface area (Å²) in [6.07, 6.45) is 0. The van der Waals surface area contributed by atoms with Gasteiger partial charge in [0.25, 0.3) is 0 Å². The Bertz CT molecular complexity index is 113. The molecule has 0 fully saturated rings. The molecule has 0 aliphatic rings. The zero-order valence-electron chi connectivity index (χ0n) is 5.07. The van der Waals surface area contributed by atoms with Crippen molar-refractivity contribution in [2.24, 2.45) is 0 Å². The van der Waals surface area contributed by atoms with Crippen molar-refractivity contribution in [3.8, 4) is 0 Å². The van der Waals surface area contributed by atoms with Crippen LogP contribution in [0.4, 0.5) is 0 Å². The summed E-state index contributed by atoms with van der Waals surface area (Å²) in [6, 6.07) is 0. The first-order valence-electron chi connectivity index (χ1n) is 1.37. The van der Waals surface area contributed by atoms with Crippen LogP contribution in [-0.2, 0) is 46.7 Å². The van der Waals surface area contributed by atoms with E-state index in [9.17, 15) is 0 Å². The first-order valence-corrected chi connectivity index (χ1v) is 2.76. The van der Waals surface area contributed by atoms with Crippen LogP contribution in [0.2, 0.25) is 0 Å². The van der Waals surface area contributed by atoms with Gasteiger partial charge in [-0.3, -0.25) is 9.11 Å². The molecule has 0 unspecified atom stereocenters. The Morgan fingerprint density at radius 2 is 0.917 bits per heavy atom. The third kappa shape index (κ3) is 3610. The van der Waals surface area contributed by atoms with Crippen molar-refractivity contribution >= 4 is 10.4 Å². The van der Waals surface area contributed by atoms with Gasteiger partial charge in [-0.2, -0.15) is 8.42 Å². The van der Waals surface area contributed by atoms with Gasteiger partial charge >= 0.3 is 36.6 Å². The summed E-state index contributed by atoms with van der Waals surface area (Å²) in [5.74, 6) is 0. The molecule has 0 aliphatic carbocycles. The number of rotatable bonds is 0. The van der Waals surface area contributed by atoms with Gasteiger partial charge in [-0.25, -0.2) is 0 Å². The van der Waals surface area contributed by atoms with Gasteiger partial charge in [0.1, 0.15) is 0 Å². The Hall–Kier alpha value is 0.513. The first-order chi connectivity index (χ1) is 4.83. The van der Waals surface area contributed by atoms with Crippen molar-refractivity contribution in [2.45, 2.75) is 0 Å². The van der Waals surface area contributed by atoms with Gasteiger partial charge in [-0.05, 0) is 0 Å². The third-order valence-electron chi connectivity index (χ3n) is 0. The van der Waals surface area contributed by atoms with Gasteiger partial charge in [-0.15, -0.1) is 0 Å². The first kappa shape index (κ1) is 22.9. The third-order valence-corrected chi connectivity index (χ3v) is 0. The second kappa shape index (κ2) is 17.6. The molecule has 0 spiro atoms. The van der Waals surface area contributed by atoms with Crippen LogP contribution in [0, 0.1) is 0 Å². The monoisotopic (exact) mass is 284 g/mol. The number of hydrogen-bond acceptors (Lipinski definition) is 8. The van der Waals surface area contributed by atoms with E-state index in [0.717, 1.165) is 0 Å². The van der Waals surface area contributed by atoms with Crippen LogP contribution < -0.4 is 21.0 Å². The van der Waals surface area contributed by atoms with Crippen molar-refractivity contribution in [2.75, 3.05) is 0 Å². The second-order valence-electron chi connectivity index (χ2n) is 0.584. The van der Waals surface area contributed by atoms with Crippen molar-refractivity contribution in [1.29, 1.82) is 0 Å². The van der Waals surface area contributed by atoms with Crippen molar-refractivity contribution in [3.05, 3.63) is 0 Å². The van der Waals surface area contributed by atoms with Crippen LogP contribution in [0.5, 0.6) is 0 Å². The fourth-order valence-corrected chi connectivity index (χ4v) is 0. The van der Waals surface area contributed by atoms with Gasteiger partial charge in [0, 0.05) is 0 Å². The molecule has 10 nitrogen and oxygen atoms in total. The summed E-state index contributed by atoms with van der Waals surface area (Å²) in [5.41, 5.74) is 0. The van der Waals surface area contributed by atoms with Gasteiger partial charge < -0.3 is 31.1 Å². The van der Waals surface area contributed by atoms with Gasteiger partial charge in [0.05, 0.1) is 0 Å².